The van der Waals surface area contributed by atoms with Crippen LogP contribution in [-0.2, 0) is 19.1 Å². The van der Waals surface area contributed by atoms with Gasteiger partial charge < -0.3 is 29.9 Å². The lowest BCUT2D eigenvalue weighted by Gasteiger charge is -2.66. The van der Waals surface area contributed by atoms with Crippen molar-refractivity contribution in [1.82, 2.24) is 0 Å². The van der Waals surface area contributed by atoms with E-state index in [-0.39, 0.29) is 0 Å². The Labute approximate surface area is 169 Å². The largest absolute Gasteiger partial charge is 0.458 e. The number of hydrogen-bond donors (Lipinski definition) is 4. The van der Waals surface area contributed by atoms with E-state index in [0.717, 1.165) is 0 Å². The average molecular weight is 410 g/mol. The predicted octanol–water partition coefficient (Wildman–Crippen LogP) is -0.229. The molecule has 0 aromatic heterocycles. The maximum absolute atomic E-state index is 12.9. The van der Waals surface area contributed by atoms with Crippen molar-refractivity contribution in [1.29, 1.82) is 0 Å². The van der Waals surface area contributed by atoms with Crippen LogP contribution in [0.3, 0.4) is 0 Å². The molecule has 162 valence electrons. The van der Waals surface area contributed by atoms with Crippen molar-refractivity contribution in [3.05, 3.63) is 11.6 Å². The summed E-state index contributed by atoms with van der Waals surface area (Å²) in [7, 11) is 0. The molecular formula is C21H30O8. The van der Waals surface area contributed by atoms with E-state index in [4.69, 9.17) is 9.47 Å². The zero-order valence-electron chi connectivity index (χ0n) is 17.3. The van der Waals surface area contributed by atoms with Crippen LogP contribution < -0.4 is 0 Å². The highest BCUT2D eigenvalue weighted by Crippen LogP contribution is 2.69. The number of ether oxygens (including phenoxy) is 2. The minimum Gasteiger partial charge on any atom is -0.458 e. The zero-order chi connectivity index (χ0) is 21.6. The van der Waals surface area contributed by atoms with Gasteiger partial charge in [0.2, 0.25) is 0 Å². The van der Waals surface area contributed by atoms with Crippen LogP contribution >= 0.6 is 0 Å². The standard InChI is InChI=1S/C21H30O8/c1-7-6-10(23)17(26)20(4)11(7)15(28-9(3)22)18-21(5)12(19(27)29-18)8(2)13(24)14(25)16(20)21/h6,8,10-18,23-26H,1-5H3. The van der Waals surface area contributed by atoms with Gasteiger partial charge in [0.15, 0.2) is 0 Å². The number of carbonyl (C=O) groups excluding carboxylic acids is 2. The third-order valence-corrected chi connectivity index (χ3v) is 8.36. The minimum atomic E-state index is -1.29. The summed E-state index contributed by atoms with van der Waals surface area (Å²) in [4.78, 5) is 24.9. The third-order valence-electron chi connectivity index (χ3n) is 8.36. The number of aliphatic hydroxyl groups is 4. The van der Waals surface area contributed by atoms with Gasteiger partial charge in [0, 0.05) is 29.6 Å². The maximum atomic E-state index is 12.9. The topological polar surface area (TPSA) is 134 Å². The number of esters is 2. The lowest BCUT2D eigenvalue weighted by Crippen LogP contribution is -2.75. The van der Waals surface area contributed by atoms with Crippen molar-refractivity contribution in [2.75, 3.05) is 0 Å². The molecule has 3 fully saturated rings. The van der Waals surface area contributed by atoms with E-state index >= 15 is 0 Å². The Kier molecular flexibility index (Phi) is 4.49. The number of rotatable bonds is 1. The van der Waals surface area contributed by atoms with E-state index in [1.165, 1.54) is 13.0 Å². The molecule has 0 aromatic carbocycles. The molecule has 4 aliphatic rings. The van der Waals surface area contributed by atoms with Crippen LogP contribution in [-0.4, -0.2) is 69.0 Å². The van der Waals surface area contributed by atoms with Gasteiger partial charge in [0.25, 0.3) is 0 Å². The second-order valence-corrected chi connectivity index (χ2v) is 9.78. The molecule has 0 spiro atoms. The van der Waals surface area contributed by atoms with E-state index in [0.29, 0.717) is 5.57 Å². The molecule has 4 N–H and O–H groups in total. The molecule has 12 unspecified atom stereocenters. The summed E-state index contributed by atoms with van der Waals surface area (Å²) in [5.41, 5.74) is -1.49. The van der Waals surface area contributed by atoms with E-state index in [2.05, 4.69) is 0 Å². The number of aliphatic hydroxyl groups excluding tert-OH is 4. The summed E-state index contributed by atoms with van der Waals surface area (Å²) in [6.45, 7) is 8.26. The van der Waals surface area contributed by atoms with E-state index < -0.39 is 83.1 Å². The van der Waals surface area contributed by atoms with Gasteiger partial charge in [-0.1, -0.05) is 32.4 Å². The van der Waals surface area contributed by atoms with Gasteiger partial charge in [0.05, 0.1) is 30.3 Å². The average Bonchev–Trinajstić information content (AvgIpc) is 2.87. The number of carbonyl (C=O) groups is 2. The van der Waals surface area contributed by atoms with Crippen molar-refractivity contribution in [2.24, 2.45) is 34.5 Å². The van der Waals surface area contributed by atoms with Gasteiger partial charge in [-0.05, 0) is 12.8 Å². The fraction of sp³-hybridized carbons (Fsp3) is 0.810. The summed E-state index contributed by atoms with van der Waals surface area (Å²) in [6, 6.07) is 0. The molecule has 8 heteroatoms. The molecule has 0 amide bonds. The van der Waals surface area contributed by atoms with Crippen LogP contribution in [0, 0.1) is 34.5 Å². The molecule has 0 radical (unpaired) electrons. The Morgan fingerprint density at radius 2 is 1.72 bits per heavy atom. The predicted molar refractivity (Wildman–Crippen MR) is 99.1 cm³/mol. The van der Waals surface area contributed by atoms with Crippen LogP contribution in [0.4, 0.5) is 0 Å². The van der Waals surface area contributed by atoms with Crippen molar-refractivity contribution >= 4 is 11.9 Å². The van der Waals surface area contributed by atoms with Gasteiger partial charge in [-0.2, -0.15) is 0 Å². The van der Waals surface area contributed by atoms with Crippen LogP contribution in [0.15, 0.2) is 11.6 Å². The van der Waals surface area contributed by atoms with Crippen molar-refractivity contribution in [2.45, 2.75) is 71.2 Å². The molecule has 8 nitrogen and oxygen atoms in total. The summed E-state index contributed by atoms with van der Waals surface area (Å²) in [5, 5.41) is 43.6. The normalized spacial score (nSPS) is 56.0. The van der Waals surface area contributed by atoms with Gasteiger partial charge in [0.1, 0.15) is 12.2 Å². The first-order valence-corrected chi connectivity index (χ1v) is 10.2. The number of hydrogen-bond acceptors (Lipinski definition) is 8. The fourth-order valence-electron chi connectivity index (χ4n) is 7.43. The molecule has 2 saturated carbocycles. The zero-order valence-corrected chi connectivity index (χ0v) is 17.3. The van der Waals surface area contributed by atoms with Gasteiger partial charge >= 0.3 is 11.9 Å². The number of fused-ring (bicyclic) bond motifs is 2. The summed E-state index contributed by atoms with van der Waals surface area (Å²) >= 11 is 0. The summed E-state index contributed by atoms with van der Waals surface area (Å²) in [6.07, 6.45) is -5.11. The Balaban J connectivity index is 2.00. The monoisotopic (exact) mass is 410 g/mol. The third kappa shape index (κ3) is 2.34. The van der Waals surface area contributed by atoms with Crippen molar-refractivity contribution in [3.63, 3.8) is 0 Å². The SMILES string of the molecule is CC(=O)OC1C2OC(=O)C3C(C)C(O)C(O)C(C4(C)C(O)C(O)C=C(C)C14)C23C. The fourth-order valence-corrected chi connectivity index (χ4v) is 7.43. The first-order chi connectivity index (χ1) is 13.4. The highest BCUT2D eigenvalue weighted by Gasteiger charge is 2.78. The minimum absolute atomic E-state index is 0.503. The lowest BCUT2D eigenvalue weighted by atomic mass is 9.39. The molecule has 3 aliphatic carbocycles. The van der Waals surface area contributed by atoms with E-state index in [1.807, 2.05) is 0 Å². The summed E-state index contributed by atoms with van der Waals surface area (Å²) < 4.78 is 11.4. The van der Waals surface area contributed by atoms with Crippen LogP contribution in [0.2, 0.25) is 0 Å². The molecule has 0 bridgehead atoms. The second kappa shape index (κ2) is 6.26. The molecule has 29 heavy (non-hydrogen) atoms. The molecular weight excluding hydrogens is 380 g/mol. The quantitative estimate of drug-likeness (QED) is 0.344. The Morgan fingerprint density at radius 1 is 1.10 bits per heavy atom. The van der Waals surface area contributed by atoms with Crippen molar-refractivity contribution in [3.8, 4) is 0 Å². The maximum Gasteiger partial charge on any atom is 0.310 e. The van der Waals surface area contributed by atoms with E-state index in [9.17, 15) is 30.0 Å². The van der Waals surface area contributed by atoms with Gasteiger partial charge in [-0.25, -0.2) is 0 Å². The van der Waals surface area contributed by atoms with Crippen molar-refractivity contribution < 1.29 is 39.5 Å². The first kappa shape index (κ1) is 20.8. The highest BCUT2D eigenvalue weighted by atomic mass is 16.6. The molecule has 1 aliphatic heterocycles. The first-order valence-electron chi connectivity index (χ1n) is 10.2. The van der Waals surface area contributed by atoms with Crippen LogP contribution in [0.5, 0.6) is 0 Å². The van der Waals surface area contributed by atoms with Crippen LogP contribution in [0.25, 0.3) is 0 Å². The van der Waals surface area contributed by atoms with Gasteiger partial charge in [-0.3, -0.25) is 9.59 Å². The molecule has 4 rings (SSSR count). The Bertz CT molecular complexity index is 779. The Hall–Kier alpha value is -1.48. The smallest absolute Gasteiger partial charge is 0.310 e. The molecule has 0 aromatic rings. The highest BCUT2D eigenvalue weighted by molar-refractivity contribution is 5.78. The lowest BCUT2D eigenvalue weighted by molar-refractivity contribution is -0.280. The summed E-state index contributed by atoms with van der Waals surface area (Å²) in [5.74, 6) is -3.73. The second-order valence-electron chi connectivity index (χ2n) is 9.78. The van der Waals surface area contributed by atoms with Crippen LogP contribution in [0.1, 0.15) is 34.6 Å². The molecule has 1 heterocycles. The molecule has 12 atom stereocenters. The Morgan fingerprint density at radius 3 is 2.31 bits per heavy atom. The van der Waals surface area contributed by atoms with E-state index in [1.54, 1.807) is 27.7 Å². The molecule has 1 saturated heterocycles. The van der Waals surface area contributed by atoms with Gasteiger partial charge in [-0.15, -0.1) is 0 Å².